The Balaban J connectivity index is 1.27. The molecule has 3 aromatic carbocycles. The maximum Gasteiger partial charge on any atom is 0.238 e. The maximum atomic E-state index is 13.1. The summed E-state index contributed by atoms with van der Waals surface area (Å²) in [4.78, 5) is 43.1. The molecule has 1 aliphatic heterocycles. The molecule has 0 aromatic heterocycles. The van der Waals surface area contributed by atoms with Crippen LogP contribution in [0.3, 0.4) is 0 Å². The summed E-state index contributed by atoms with van der Waals surface area (Å²) in [5.41, 5.74) is 2.73. The summed E-state index contributed by atoms with van der Waals surface area (Å²) >= 11 is 6.31. The molecule has 166 valence electrons. The first kappa shape index (κ1) is 21.4. The van der Waals surface area contributed by atoms with Gasteiger partial charge in [-0.15, -0.1) is 0 Å². The standard InChI is InChI=1S/C26H22ClN3O3/c27-20-9-3-4-11-22(20)30-14-12-29(13-15-30)16-23(31)28-21-10-5-8-19-24(21)26(33)18-7-2-1-6-17(18)25(19)32/h1-11H,12-16H2,(H,28,31). The van der Waals surface area contributed by atoms with Crippen molar-refractivity contribution >= 4 is 40.4 Å². The monoisotopic (exact) mass is 459 g/mol. The van der Waals surface area contributed by atoms with Gasteiger partial charge in [-0.2, -0.15) is 0 Å². The fourth-order valence-corrected chi connectivity index (χ4v) is 4.75. The molecule has 7 heteroatoms. The Morgan fingerprint density at radius 3 is 2.15 bits per heavy atom. The number of piperazine rings is 1. The molecule has 33 heavy (non-hydrogen) atoms. The van der Waals surface area contributed by atoms with Gasteiger partial charge >= 0.3 is 0 Å². The van der Waals surface area contributed by atoms with Crippen LogP contribution in [0.15, 0.2) is 66.7 Å². The third-order valence-corrected chi connectivity index (χ3v) is 6.48. The summed E-state index contributed by atoms with van der Waals surface area (Å²) in [5, 5.41) is 3.58. The number of carbonyl (C=O) groups is 3. The second kappa shape index (κ2) is 8.81. The van der Waals surface area contributed by atoms with Crippen LogP contribution in [-0.4, -0.2) is 55.1 Å². The van der Waals surface area contributed by atoms with Crippen molar-refractivity contribution in [2.24, 2.45) is 0 Å². The molecule has 1 saturated heterocycles. The molecule has 0 radical (unpaired) electrons. The molecule has 0 unspecified atom stereocenters. The number of fused-ring (bicyclic) bond motifs is 2. The predicted octanol–water partition coefficient (Wildman–Crippen LogP) is 3.88. The van der Waals surface area contributed by atoms with Crippen molar-refractivity contribution in [1.82, 2.24) is 4.90 Å². The molecule has 0 spiro atoms. The Morgan fingerprint density at radius 1 is 0.788 bits per heavy atom. The summed E-state index contributed by atoms with van der Waals surface area (Å²) in [5.74, 6) is -0.662. The highest BCUT2D eigenvalue weighted by atomic mass is 35.5. The van der Waals surface area contributed by atoms with Crippen molar-refractivity contribution in [3.05, 3.63) is 94.0 Å². The zero-order valence-corrected chi connectivity index (χ0v) is 18.6. The van der Waals surface area contributed by atoms with Crippen LogP contribution in [0, 0.1) is 0 Å². The van der Waals surface area contributed by atoms with Crippen LogP contribution in [0.5, 0.6) is 0 Å². The predicted molar refractivity (Wildman–Crippen MR) is 128 cm³/mol. The fraction of sp³-hybridized carbons (Fsp3) is 0.192. The van der Waals surface area contributed by atoms with Crippen LogP contribution in [0.1, 0.15) is 31.8 Å². The van der Waals surface area contributed by atoms with Crippen LogP contribution >= 0.6 is 11.6 Å². The Kier molecular flexibility index (Phi) is 5.70. The number of benzene rings is 3. The van der Waals surface area contributed by atoms with Crippen LogP contribution in [0.4, 0.5) is 11.4 Å². The Labute approximate surface area is 196 Å². The highest BCUT2D eigenvalue weighted by Crippen LogP contribution is 2.32. The van der Waals surface area contributed by atoms with Gasteiger partial charge in [0.15, 0.2) is 11.6 Å². The molecule has 6 nitrogen and oxygen atoms in total. The Hall–Kier alpha value is -3.48. The van der Waals surface area contributed by atoms with E-state index >= 15 is 0 Å². The van der Waals surface area contributed by atoms with Gasteiger partial charge in [-0.25, -0.2) is 0 Å². The molecule has 1 aliphatic carbocycles. The van der Waals surface area contributed by atoms with Gasteiger partial charge in [0.2, 0.25) is 5.91 Å². The smallest absolute Gasteiger partial charge is 0.238 e. The van der Waals surface area contributed by atoms with Crippen molar-refractivity contribution in [2.75, 3.05) is 42.9 Å². The van der Waals surface area contributed by atoms with Gasteiger partial charge in [-0.05, 0) is 18.2 Å². The van der Waals surface area contributed by atoms with Crippen molar-refractivity contribution in [3.8, 4) is 0 Å². The lowest BCUT2D eigenvalue weighted by atomic mass is 9.83. The molecule has 3 aromatic rings. The molecule has 1 amide bonds. The largest absolute Gasteiger partial charge is 0.368 e. The minimum absolute atomic E-state index is 0.202. The SMILES string of the molecule is O=C(CN1CCN(c2ccccc2Cl)CC1)Nc1cccc2c1C(=O)c1ccccc1C2=O. The van der Waals surface area contributed by atoms with Crippen molar-refractivity contribution in [3.63, 3.8) is 0 Å². The lowest BCUT2D eigenvalue weighted by molar-refractivity contribution is -0.117. The van der Waals surface area contributed by atoms with Crippen molar-refractivity contribution < 1.29 is 14.4 Å². The maximum absolute atomic E-state index is 13.1. The number of nitrogens with one attached hydrogen (secondary N) is 1. The fourth-order valence-electron chi connectivity index (χ4n) is 4.50. The molecule has 1 fully saturated rings. The molecule has 0 atom stereocenters. The minimum atomic E-state index is -0.246. The average Bonchev–Trinajstić information content (AvgIpc) is 2.83. The number of halogens is 1. The number of carbonyl (C=O) groups excluding carboxylic acids is 3. The zero-order chi connectivity index (χ0) is 22.9. The normalized spacial score (nSPS) is 15.7. The topological polar surface area (TPSA) is 69.7 Å². The highest BCUT2D eigenvalue weighted by molar-refractivity contribution is 6.33. The second-order valence-corrected chi connectivity index (χ2v) is 8.60. The van der Waals surface area contributed by atoms with Crippen molar-refractivity contribution in [1.29, 1.82) is 0 Å². The van der Waals surface area contributed by atoms with Gasteiger partial charge in [0.1, 0.15) is 0 Å². The summed E-state index contributed by atoms with van der Waals surface area (Å²) in [6.07, 6.45) is 0. The third kappa shape index (κ3) is 4.03. The van der Waals surface area contributed by atoms with E-state index < -0.39 is 0 Å². The van der Waals surface area contributed by atoms with Crippen molar-refractivity contribution in [2.45, 2.75) is 0 Å². The summed E-state index contributed by atoms with van der Waals surface area (Å²) in [6.45, 7) is 3.18. The van der Waals surface area contributed by atoms with Crippen LogP contribution < -0.4 is 10.2 Å². The zero-order valence-electron chi connectivity index (χ0n) is 17.9. The highest BCUT2D eigenvalue weighted by Gasteiger charge is 2.32. The number of ketones is 2. The Morgan fingerprint density at radius 2 is 1.42 bits per heavy atom. The van der Waals surface area contributed by atoms with Crippen LogP contribution in [0.25, 0.3) is 0 Å². The number of nitrogens with zero attached hydrogens (tertiary/aromatic N) is 2. The number of hydrogen-bond acceptors (Lipinski definition) is 5. The number of hydrogen-bond donors (Lipinski definition) is 1. The first-order chi connectivity index (χ1) is 16.0. The van der Waals surface area contributed by atoms with Gasteiger partial charge < -0.3 is 10.2 Å². The quantitative estimate of drug-likeness (QED) is 0.501. The van der Waals surface area contributed by atoms with E-state index in [-0.39, 0.29) is 29.6 Å². The molecule has 2 aliphatic rings. The minimum Gasteiger partial charge on any atom is -0.368 e. The van der Waals surface area contributed by atoms with E-state index in [1.807, 2.05) is 24.3 Å². The molecule has 0 saturated carbocycles. The molecule has 5 rings (SSSR count). The number of anilines is 2. The number of para-hydroxylation sites is 1. The first-order valence-corrected chi connectivity index (χ1v) is 11.2. The van der Waals surface area contributed by atoms with E-state index in [4.69, 9.17) is 11.6 Å². The van der Waals surface area contributed by atoms with Gasteiger partial charge in [0.05, 0.1) is 28.5 Å². The van der Waals surface area contributed by atoms with Gasteiger partial charge in [-0.3, -0.25) is 19.3 Å². The van der Waals surface area contributed by atoms with E-state index in [9.17, 15) is 14.4 Å². The van der Waals surface area contributed by atoms with E-state index in [0.717, 1.165) is 36.9 Å². The van der Waals surface area contributed by atoms with E-state index in [0.29, 0.717) is 22.4 Å². The average molecular weight is 460 g/mol. The molecular formula is C26H22ClN3O3. The van der Waals surface area contributed by atoms with Gasteiger partial charge in [0.25, 0.3) is 0 Å². The number of rotatable bonds is 4. The summed E-state index contributed by atoms with van der Waals surface area (Å²) in [7, 11) is 0. The number of amides is 1. The summed E-state index contributed by atoms with van der Waals surface area (Å²) in [6, 6.07) is 19.5. The molecule has 1 heterocycles. The lowest BCUT2D eigenvalue weighted by Crippen LogP contribution is -2.48. The van der Waals surface area contributed by atoms with E-state index in [2.05, 4.69) is 15.1 Å². The van der Waals surface area contributed by atoms with Crippen LogP contribution in [0.2, 0.25) is 5.02 Å². The van der Waals surface area contributed by atoms with Gasteiger partial charge in [0, 0.05) is 42.9 Å². The first-order valence-electron chi connectivity index (χ1n) is 10.9. The molecular weight excluding hydrogens is 438 g/mol. The second-order valence-electron chi connectivity index (χ2n) is 8.19. The summed E-state index contributed by atoms with van der Waals surface area (Å²) < 4.78 is 0. The van der Waals surface area contributed by atoms with Crippen LogP contribution in [-0.2, 0) is 4.79 Å². The molecule has 0 bridgehead atoms. The van der Waals surface area contributed by atoms with E-state index in [1.165, 1.54) is 0 Å². The third-order valence-electron chi connectivity index (χ3n) is 6.16. The lowest BCUT2D eigenvalue weighted by Gasteiger charge is -2.36. The Bertz CT molecular complexity index is 1270. The molecule has 1 N–H and O–H groups in total. The van der Waals surface area contributed by atoms with Gasteiger partial charge in [-0.1, -0.05) is 60.1 Å². The van der Waals surface area contributed by atoms with E-state index in [1.54, 1.807) is 42.5 Å².